The quantitative estimate of drug-likeness (QED) is 0.417. The molecule has 0 saturated heterocycles. The van der Waals surface area contributed by atoms with Crippen LogP contribution < -0.4 is 4.72 Å². The van der Waals surface area contributed by atoms with Gasteiger partial charge < -0.3 is 4.98 Å². The lowest BCUT2D eigenvalue weighted by molar-refractivity contribution is -0.137. The number of hydrogen-bond donors (Lipinski definition) is 2. The molecule has 4 rings (SSSR count). The Hall–Kier alpha value is -3.04. The summed E-state index contributed by atoms with van der Waals surface area (Å²) in [4.78, 5) is 6.90. The zero-order valence-corrected chi connectivity index (χ0v) is 16.6. The molecular weight excluding hydrogens is 439 g/mol. The van der Waals surface area contributed by atoms with Crippen molar-refractivity contribution in [1.29, 1.82) is 0 Å². The van der Waals surface area contributed by atoms with Gasteiger partial charge in [0.25, 0.3) is 10.0 Å². The zero-order valence-electron chi connectivity index (χ0n) is 15.0. The van der Waals surface area contributed by atoms with Crippen molar-refractivity contribution in [2.24, 2.45) is 0 Å². The lowest BCUT2D eigenvalue weighted by Crippen LogP contribution is -2.13. The summed E-state index contributed by atoms with van der Waals surface area (Å²) in [5, 5.41) is 0.230. The molecule has 0 spiro atoms. The van der Waals surface area contributed by atoms with Gasteiger partial charge in [0.2, 0.25) is 0 Å². The topological polar surface area (TPSA) is 74.8 Å². The molecule has 0 unspecified atom stereocenters. The predicted molar refractivity (Wildman–Crippen MR) is 109 cm³/mol. The van der Waals surface area contributed by atoms with E-state index in [1.165, 1.54) is 42.5 Å². The number of hydrogen-bond acceptors (Lipinski definition) is 3. The summed E-state index contributed by atoms with van der Waals surface area (Å²) >= 11 is 6.00. The molecule has 0 aliphatic rings. The first kappa shape index (κ1) is 20.2. The second-order valence-electron chi connectivity index (χ2n) is 6.39. The highest BCUT2D eigenvalue weighted by Crippen LogP contribution is 2.36. The van der Waals surface area contributed by atoms with E-state index in [9.17, 15) is 21.6 Å². The minimum atomic E-state index is -4.55. The molecule has 2 N–H and O–H groups in total. The third kappa shape index (κ3) is 3.86. The van der Waals surface area contributed by atoms with Crippen molar-refractivity contribution in [2.75, 3.05) is 4.72 Å². The molecule has 1 aromatic heterocycles. The van der Waals surface area contributed by atoms with Crippen LogP contribution in [-0.4, -0.2) is 18.4 Å². The van der Waals surface area contributed by atoms with Crippen molar-refractivity contribution >= 4 is 38.3 Å². The van der Waals surface area contributed by atoms with Crippen LogP contribution in [0.4, 0.5) is 18.9 Å². The minimum Gasteiger partial charge on any atom is -0.338 e. The molecule has 4 aromatic rings. The third-order valence-electron chi connectivity index (χ3n) is 4.37. The number of nitrogens with one attached hydrogen (secondary N) is 2. The summed E-state index contributed by atoms with van der Waals surface area (Å²) in [6, 6.07) is 15.4. The van der Waals surface area contributed by atoms with Gasteiger partial charge in [0.05, 0.1) is 32.2 Å². The molecule has 3 aromatic carbocycles. The average molecular weight is 452 g/mol. The van der Waals surface area contributed by atoms with Crippen LogP contribution >= 0.6 is 11.6 Å². The number of para-hydroxylation sites is 1. The van der Waals surface area contributed by atoms with Crippen molar-refractivity contribution in [3.63, 3.8) is 0 Å². The lowest BCUT2D eigenvalue weighted by atomic mass is 10.1. The molecule has 0 saturated carbocycles. The van der Waals surface area contributed by atoms with Gasteiger partial charge in [-0.25, -0.2) is 13.4 Å². The lowest BCUT2D eigenvalue weighted by Gasteiger charge is -2.10. The Morgan fingerprint density at radius 3 is 2.40 bits per heavy atom. The van der Waals surface area contributed by atoms with E-state index < -0.39 is 21.8 Å². The number of anilines is 1. The molecule has 0 fully saturated rings. The maximum Gasteiger partial charge on any atom is 0.417 e. The van der Waals surface area contributed by atoms with E-state index in [0.29, 0.717) is 5.52 Å². The fraction of sp³-hybridized carbons (Fsp3) is 0.0500. The van der Waals surface area contributed by atoms with Crippen LogP contribution in [-0.2, 0) is 16.2 Å². The summed E-state index contributed by atoms with van der Waals surface area (Å²) < 4.78 is 67.7. The van der Waals surface area contributed by atoms with E-state index in [1.807, 2.05) is 0 Å². The molecule has 1 heterocycles. The first-order chi connectivity index (χ1) is 14.1. The fourth-order valence-corrected chi connectivity index (χ4v) is 4.30. The number of H-pyrrole nitrogens is 1. The number of imidazole rings is 1. The Balaban J connectivity index is 1.75. The average Bonchev–Trinajstić information content (AvgIpc) is 3.12. The van der Waals surface area contributed by atoms with Gasteiger partial charge >= 0.3 is 6.18 Å². The minimum absolute atomic E-state index is 0.00784. The summed E-state index contributed by atoms with van der Waals surface area (Å²) in [5.41, 5.74) is -0.138. The molecule has 154 valence electrons. The molecule has 0 aliphatic heterocycles. The Kier molecular flexibility index (Phi) is 4.95. The summed E-state index contributed by atoms with van der Waals surface area (Å²) in [6.07, 6.45) is -4.55. The van der Waals surface area contributed by atoms with Gasteiger partial charge in [0.15, 0.2) is 0 Å². The maximum absolute atomic E-state index is 13.3. The first-order valence-corrected chi connectivity index (χ1v) is 10.4. The number of alkyl halides is 3. The predicted octanol–water partition coefficient (Wildman–Crippen LogP) is 5.70. The van der Waals surface area contributed by atoms with E-state index in [2.05, 4.69) is 14.7 Å². The highest BCUT2D eigenvalue weighted by atomic mass is 35.5. The van der Waals surface area contributed by atoms with Gasteiger partial charge in [0.1, 0.15) is 5.82 Å². The highest BCUT2D eigenvalue weighted by Gasteiger charge is 2.34. The fourth-order valence-electron chi connectivity index (χ4n) is 2.96. The number of halogens is 4. The smallest absolute Gasteiger partial charge is 0.338 e. The first-order valence-electron chi connectivity index (χ1n) is 8.59. The second kappa shape index (κ2) is 7.33. The molecule has 0 aliphatic carbocycles. The number of aromatic amines is 1. The molecule has 30 heavy (non-hydrogen) atoms. The molecule has 0 bridgehead atoms. The van der Waals surface area contributed by atoms with Gasteiger partial charge in [-0.3, -0.25) is 4.72 Å². The van der Waals surface area contributed by atoms with Gasteiger partial charge in [-0.1, -0.05) is 41.9 Å². The Bertz CT molecular complexity index is 1350. The van der Waals surface area contributed by atoms with Gasteiger partial charge in [0, 0.05) is 5.56 Å². The third-order valence-corrected chi connectivity index (χ3v) is 6.06. The second-order valence-corrected chi connectivity index (χ2v) is 8.48. The van der Waals surface area contributed by atoms with Crippen LogP contribution in [0.15, 0.2) is 71.6 Å². The molecule has 0 atom stereocenters. The van der Waals surface area contributed by atoms with Crippen LogP contribution in [0.3, 0.4) is 0 Å². The van der Waals surface area contributed by atoms with Crippen LogP contribution in [0.1, 0.15) is 5.56 Å². The number of benzene rings is 3. The largest absolute Gasteiger partial charge is 0.417 e. The van der Waals surface area contributed by atoms with Crippen molar-refractivity contribution in [2.45, 2.75) is 11.1 Å². The molecule has 10 heteroatoms. The van der Waals surface area contributed by atoms with E-state index >= 15 is 0 Å². The van der Waals surface area contributed by atoms with Crippen molar-refractivity contribution < 1.29 is 21.6 Å². The van der Waals surface area contributed by atoms with Crippen LogP contribution in [0, 0.1) is 0 Å². The van der Waals surface area contributed by atoms with Crippen LogP contribution in [0.25, 0.3) is 22.4 Å². The number of aromatic nitrogens is 2. The molecule has 5 nitrogen and oxygen atoms in total. The molecular formula is C20H13ClF3N3O2S. The number of sulfonamides is 1. The number of nitrogens with zero attached hydrogens (tertiary/aromatic N) is 1. The maximum atomic E-state index is 13.3. The zero-order chi connectivity index (χ0) is 21.5. The van der Waals surface area contributed by atoms with E-state index in [-0.39, 0.29) is 32.5 Å². The molecule has 0 amide bonds. The summed E-state index contributed by atoms with van der Waals surface area (Å²) in [5.74, 6) is -0.00784. The summed E-state index contributed by atoms with van der Waals surface area (Å²) in [7, 11) is -3.98. The SMILES string of the molecule is O=S(=O)(Nc1ccccc1Cl)c1ccc2[nH]c(-c3ccccc3C(F)(F)F)nc2c1. The van der Waals surface area contributed by atoms with Crippen LogP contribution in [0.2, 0.25) is 5.02 Å². The van der Waals surface area contributed by atoms with Gasteiger partial charge in [-0.05, 0) is 36.4 Å². The van der Waals surface area contributed by atoms with Gasteiger partial charge in [-0.15, -0.1) is 0 Å². The number of rotatable bonds is 4. The Morgan fingerprint density at radius 1 is 0.967 bits per heavy atom. The summed E-state index contributed by atoms with van der Waals surface area (Å²) in [6.45, 7) is 0. The normalized spacial score (nSPS) is 12.3. The standard InChI is InChI=1S/C20H13ClF3N3O2S/c21-15-7-3-4-8-16(15)27-30(28,29)12-9-10-17-18(11-12)26-19(25-17)13-5-1-2-6-14(13)20(22,23)24/h1-11,27H,(H,25,26). The Morgan fingerprint density at radius 2 is 1.67 bits per heavy atom. The molecule has 0 radical (unpaired) electrons. The van der Waals surface area contributed by atoms with Gasteiger partial charge in [-0.2, -0.15) is 13.2 Å². The number of fused-ring (bicyclic) bond motifs is 1. The van der Waals surface area contributed by atoms with E-state index in [0.717, 1.165) is 6.07 Å². The highest BCUT2D eigenvalue weighted by molar-refractivity contribution is 7.92. The van der Waals surface area contributed by atoms with Crippen LogP contribution in [0.5, 0.6) is 0 Å². The van der Waals surface area contributed by atoms with Crippen molar-refractivity contribution in [3.05, 3.63) is 77.3 Å². The van der Waals surface area contributed by atoms with Crippen molar-refractivity contribution in [1.82, 2.24) is 9.97 Å². The van der Waals surface area contributed by atoms with E-state index in [1.54, 1.807) is 18.2 Å². The monoisotopic (exact) mass is 451 g/mol. The Labute approximate surface area is 174 Å². The van der Waals surface area contributed by atoms with E-state index in [4.69, 9.17) is 11.6 Å². The van der Waals surface area contributed by atoms with Crippen molar-refractivity contribution in [3.8, 4) is 11.4 Å².